The third-order valence-corrected chi connectivity index (χ3v) is 3.18. The molecule has 3 rings (SSSR count). The number of rotatable bonds is 6. The number of nitrogens with one attached hydrogen (secondary N) is 1. The molecule has 0 unspecified atom stereocenters. The predicted octanol–water partition coefficient (Wildman–Crippen LogP) is 1.33. The maximum absolute atomic E-state index is 4.46. The molecule has 0 aliphatic rings. The van der Waals surface area contributed by atoms with Crippen molar-refractivity contribution in [1.29, 1.82) is 0 Å². The highest BCUT2D eigenvalue weighted by Crippen LogP contribution is 2.04. The van der Waals surface area contributed by atoms with Crippen molar-refractivity contribution in [3.8, 4) is 5.69 Å². The van der Waals surface area contributed by atoms with E-state index in [1.54, 1.807) is 11.0 Å². The van der Waals surface area contributed by atoms with E-state index in [1.807, 2.05) is 54.5 Å². The van der Waals surface area contributed by atoms with Crippen LogP contribution in [0.1, 0.15) is 11.3 Å². The van der Waals surface area contributed by atoms with Gasteiger partial charge in [0.15, 0.2) is 0 Å². The van der Waals surface area contributed by atoms with Gasteiger partial charge in [0.2, 0.25) is 0 Å². The summed E-state index contributed by atoms with van der Waals surface area (Å²) in [5, 5.41) is 16.3. The highest BCUT2D eigenvalue weighted by atomic mass is 15.5. The summed E-state index contributed by atoms with van der Waals surface area (Å²) in [6, 6.07) is 9.90. The lowest BCUT2D eigenvalue weighted by Gasteiger charge is -2.01. The summed E-state index contributed by atoms with van der Waals surface area (Å²) in [5.41, 5.74) is 3.14. The van der Waals surface area contributed by atoms with Gasteiger partial charge in [-0.05, 0) is 30.7 Å². The summed E-state index contributed by atoms with van der Waals surface area (Å²) < 4.78 is 1.82. The Bertz CT molecular complexity index is 685. The number of benzene rings is 1. The van der Waals surface area contributed by atoms with E-state index >= 15 is 0 Å². The van der Waals surface area contributed by atoms with Crippen molar-refractivity contribution >= 4 is 0 Å². The molecule has 0 aliphatic carbocycles. The van der Waals surface area contributed by atoms with Crippen LogP contribution in [0.3, 0.4) is 0 Å². The van der Waals surface area contributed by atoms with E-state index < -0.39 is 0 Å². The van der Waals surface area contributed by atoms with Gasteiger partial charge in [0.05, 0.1) is 23.8 Å². The van der Waals surface area contributed by atoms with Crippen molar-refractivity contribution in [3.05, 3.63) is 60.2 Å². The normalized spacial score (nSPS) is 10.9. The number of aromatic nitrogens is 5. The van der Waals surface area contributed by atoms with Gasteiger partial charge in [0.25, 0.3) is 0 Å². The van der Waals surface area contributed by atoms with Crippen LogP contribution in [0, 0.1) is 0 Å². The van der Waals surface area contributed by atoms with E-state index in [4.69, 9.17) is 0 Å². The number of para-hydroxylation sites is 1. The SMILES string of the molecule is Cn1cc(CCNCc2cnn(-c3ccccc3)n2)cn1. The Labute approximate surface area is 123 Å². The standard InChI is InChI=1S/C15H18N6/c1-20-12-13(9-17-20)7-8-16-10-14-11-18-21(19-14)15-5-3-2-4-6-15/h2-6,9,11-12,16H,7-8,10H2,1H3. The van der Waals surface area contributed by atoms with Gasteiger partial charge >= 0.3 is 0 Å². The molecule has 1 N–H and O–H groups in total. The van der Waals surface area contributed by atoms with Crippen molar-refractivity contribution in [1.82, 2.24) is 30.1 Å². The summed E-state index contributed by atoms with van der Waals surface area (Å²) in [6.45, 7) is 1.61. The first-order valence-corrected chi connectivity index (χ1v) is 6.96. The summed E-state index contributed by atoms with van der Waals surface area (Å²) >= 11 is 0. The van der Waals surface area contributed by atoms with Crippen LogP contribution in [-0.4, -0.2) is 31.3 Å². The lowest BCUT2D eigenvalue weighted by Crippen LogP contribution is -2.17. The minimum atomic E-state index is 0.715. The monoisotopic (exact) mass is 282 g/mol. The van der Waals surface area contributed by atoms with E-state index in [0.29, 0.717) is 6.54 Å². The van der Waals surface area contributed by atoms with Gasteiger partial charge in [-0.3, -0.25) is 4.68 Å². The van der Waals surface area contributed by atoms with Gasteiger partial charge in [-0.1, -0.05) is 18.2 Å². The Hall–Kier alpha value is -2.47. The summed E-state index contributed by atoms with van der Waals surface area (Å²) in [5.74, 6) is 0. The second-order valence-electron chi connectivity index (χ2n) is 4.91. The highest BCUT2D eigenvalue weighted by molar-refractivity contribution is 5.28. The topological polar surface area (TPSA) is 60.6 Å². The van der Waals surface area contributed by atoms with Crippen LogP contribution in [0.4, 0.5) is 0 Å². The second kappa shape index (κ2) is 6.32. The zero-order valence-corrected chi connectivity index (χ0v) is 12.0. The molecule has 6 heteroatoms. The Morgan fingerprint density at radius 2 is 1.95 bits per heavy atom. The summed E-state index contributed by atoms with van der Waals surface area (Å²) in [7, 11) is 1.93. The number of hydrogen-bond donors (Lipinski definition) is 1. The molecule has 1 aromatic carbocycles. The Balaban J connectivity index is 1.49. The molecular weight excluding hydrogens is 264 g/mol. The first kappa shape index (κ1) is 13.5. The third kappa shape index (κ3) is 3.55. The predicted molar refractivity (Wildman–Crippen MR) is 80.0 cm³/mol. The van der Waals surface area contributed by atoms with Crippen LogP contribution in [-0.2, 0) is 20.0 Å². The van der Waals surface area contributed by atoms with Gasteiger partial charge in [-0.25, -0.2) is 0 Å². The van der Waals surface area contributed by atoms with Gasteiger partial charge in [-0.2, -0.15) is 20.1 Å². The first-order chi connectivity index (χ1) is 10.3. The van der Waals surface area contributed by atoms with Crippen molar-refractivity contribution in [2.45, 2.75) is 13.0 Å². The first-order valence-electron chi connectivity index (χ1n) is 6.96. The average molecular weight is 282 g/mol. The fraction of sp³-hybridized carbons (Fsp3) is 0.267. The Kier molecular flexibility index (Phi) is 4.07. The van der Waals surface area contributed by atoms with Gasteiger partial charge in [0, 0.05) is 19.8 Å². The van der Waals surface area contributed by atoms with Crippen LogP contribution >= 0.6 is 0 Å². The molecule has 0 bridgehead atoms. The van der Waals surface area contributed by atoms with Crippen LogP contribution in [0.5, 0.6) is 0 Å². The fourth-order valence-corrected chi connectivity index (χ4v) is 2.11. The van der Waals surface area contributed by atoms with Gasteiger partial charge in [-0.15, -0.1) is 0 Å². The van der Waals surface area contributed by atoms with Gasteiger partial charge < -0.3 is 5.32 Å². The molecule has 108 valence electrons. The zero-order valence-electron chi connectivity index (χ0n) is 12.0. The smallest absolute Gasteiger partial charge is 0.0969 e. The zero-order chi connectivity index (χ0) is 14.5. The minimum Gasteiger partial charge on any atom is -0.311 e. The molecule has 0 atom stereocenters. The molecule has 0 aliphatic heterocycles. The van der Waals surface area contributed by atoms with Crippen molar-refractivity contribution in [3.63, 3.8) is 0 Å². The molecule has 2 aromatic heterocycles. The highest BCUT2D eigenvalue weighted by Gasteiger charge is 2.02. The van der Waals surface area contributed by atoms with Crippen molar-refractivity contribution < 1.29 is 0 Å². The Morgan fingerprint density at radius 1 is 1.10 bits per heavy atom. The molecule has 0 fully saturated rings. The molecule has 0 spiro atoms. The average Bonchev–Trinajstić information content (AvgIpc) is 3.14. The van der Waals surface area contributed by atoms with Crippen LogP contribution in [0.15, 0.2) is 48.9 Å². The molecule has 21 heavy (non-hydrogen) atoms. The van der Waals surface area contributed by atoms with Crippen LogP contribution in [0.2, 0.25) is 0 Å². The van der Waals surface area contributed by atoms with Crippen LogP contribution < -0.4 is 5.32 Å². The van der Waals surface area contributed by atoms with E-state index in [1.165, 1.54) is 5.56 Å². The molecular formula is C15H18N6. The number of aryl methyl sites for hydroxylation is 1. The lowest BCUT2D eigenvalue weighted by molar-refractivity contribution is 0.659. The van der Waals surface area contributed by atoms with E-state index in [9.17, 15) is 0 Å². The van der Waals surface area contributed by atoms with Gasteiger partial charge in [0.1, 0.15) is 0 Å². The minimum absolute atomic E-state index is 0.715. The maximum atomic E-state index is 4.46. The van der Waals surface area contributed by atoms with Crippen molar-refractivity contribution in [2.24, 2.45) is 7.05 Å². The van der Waals surface area contributed by atoms with E-state index in [0.717, 1.165) is 24.3 Å². The second-order valence-corrected chi connectivity index (χ2v) is 4.91. The van der Waals surface area contributed by atoms with Crippen LogP contribution in [0.25, 0.3) is 5.69 Å². The third-order valence-electron chi connectivity index (χ3n) is 3.18. The molecule has 0 amide bonds. The molecule has 3 aromatic rings. The molecule has 0 radical (unpaired) electrons. The molecule has 0 saturated heterocycles. The summed E-state index contributed by atoms with van der Waals surface area (Å²) in [6.07, 6.45) is 6.69. The fourth-order valence-electron chi connectivity index (χ4n) is 2.11. The molecule has 6 nitrogen and oxygen atoms in total. The molecule has 2 heterocycles. The van der Waals surface area contributed by atoms with E-state index in [2.05, 4.69) is 20.6 Å². The lowest BCUT2D eigenvalue weighted by atomic mass is 10.2. The number of hydrogen-bond acceptors (Lipinski definition) is 4. The summed E-state index contributed by atoms with van der Waals surface area (Å²) in [4.78, 5) is 1.65. The quantitative estimate of drug-likeness (QED) is 0.693. The largest absolute Gasteiger partial charge is 0.311 e. The Morgan fingerprint density at radius 3 is 2.71 bits per heavy atom. The number of nitrogens with zero attached hydrogens (tertiary/aromatic N) is 5. The van der Waals surface area contributed by atoms with E-state index in [-0.39, 0.29) is 0 Å². The maximum Gasteiger partial charge on any atom is 0.0969 e. The van der Waals surface area contributed by atoms with Crippen molar-refractivity contribution in [2.75, 3.05) is 6.54 Å². The molecule has 0 saturated carbocycles.